The second-order valence-electron chi connectivity index (χ2n) is 1.63. The summed E-state index contributed by atoms with van der Waals surface area (Å²) < 4.78 is 15.0. The lowest BCUT2D eigenvalue weighted by Crippen LogP contribution is -2.07. The molecule has 0 aromatic rings. The molecule has 5 heteroatoms. The van der Waals surface area contributed by atoms with Gasteiger partial charge in [-0.3, -0.25) is 0 Å². The fourth-order valence-corrected chi connectivity index (χ4v) is 0.799. The Balaban J connectivity index is 3.75. The normalized spacial score (nSPS) is 11.0. The van der Waals surface area contributed by atoms with Crippen molar-refractivity contribution in [1.82, 2.24) is 0 Å². The summed E-state index contributed by atoms with van der Waals surface area (Å²) >= 11 is 0. The Hall–Kier alpha value is -0.310. The van der Waals surface area contributed by atoms with Gasteiger partial charge in [-0.1, -0.05) is 13.5 Å². The molecule has 0 heterocycles. The van der Waals surface area contributed by atoms with Gasteiger partial charge < -0.3 is 4.52 Å². The first kappa shape index (κ1) is 8.69. The Labute approximate surface area is 54.4 Å². The molecule has 0 bridgehead atoms. The lowest BCUT2D eigenvalue weighted by atomic mass is 10.4. The molecule has 0 rings (SSSR count). The predicted octanol–water partition coefficient (Wildman–Crippen LogP) is 0.952. The highest BCUT2D eigenvalue weighted by Gasteiger charge is 2.08. The summed E-state index contributed by atoms with van der Waals surface area (Å²) in [5.74, 6) is 0.350. The van der Waals surface area contributed by atoms with Crippen molar-refractivity contribution >= 4 is 7.67 Å². The van der Waals surface area contributed by atoms with E-state index >= 15 is 0 Å². The van der Waals surface area contributed by atoms with Crippen LogP contribution < -0.4 is 11.0 Å². The molecule has 0 atom stereocenters. The van der Waals surface area contributed by atoms with Crippen LogP contribution >= 0.6 is 7.67 Å². The molecule has 9 heavy (non-hydrogen) atoms. The van der Waals surface area contributed by atoms with Crippen LogP contribution in [0.4, 0.5) is 0 Å². The minimum absolute atomic E-state index is 0.350. The Morgan fingerprint density at radius 2 is 2.22 bits per heavy atom. The molecule has 54 valence electrons. The van der Waals surface area contributed by atoms with Crippen LogP contribution in [-0.4, -0.2) is 0 Å². The number of rotatable bonds is 3. The second kappa shape index (κ2) is 3.01. The van der Waals surface area contributed by atoms with Crippen molar-refractivity contribution in [1.29, 1.82) is 0 Å². The fourth-order valence-electron chi connectivity index (χ4n) is 0.266. The van der Waals surface area contributed by atoms with Crippen LogP contribution in [0.15, 0.2) is 12.3 Å². The number of hydrogen-bond donors (Lipinski definition) is 2. The van der Waals surface area contributed by atoms with E-state index in [-0.39, 0.29) is 0 Å². The predicted molar refractivity (Wildman–Crippen MR) is 36.5 cm³/mol. The topological polar surface area (TPSA) is 78.3 Å². The fraction of sp³-hybridized carbons (Fsp3) is 0.500. The van der Waals surface area contributed by atoms with Crippen LogP contribution in [0.1, 0.15) is 13.3 Å². The molecular formula is C4H11N2O2P. The zero-order chi connectivity index (χ0) is 7.49. The van der Waals surface area contributed by atoms with Crippen LogP contribution in [-0.2, 0) is 9.09 Å². The Morgan fingerprint density at radius 3 is 2.33 bits per heavy atom. The lowest BCUT2D eigenvalue weighted by Gasteiger charge is -2.08. The van der Waals surface area contributed by atoms with Gasteiger partial charge in [0, 0.05) is 6.42 Å². The maximum atomic E-state index is 10.5. The Bertz CT molecular complexity index is 151. The molecule has 0 aliphatic heterocycles. The van der Waals surface area contributed by atoms with Gasteiger partial charge in [-0.05, 0) is 0 Å². The third-order valence-electron chi connectivity index (χ3n) is 0.666. The van der Waals surface area contributed by atoms with E-state index in [0.29, 0.717) is 12.2 Å². The van der Waals surface area contributed by atoms with Crippen LogP contribution in [0.5, 0.6) is 0 Å². The van der Waals surface area contributed by atoms with Crippen LogP contribution in [0.3, 0.4) is 0 Å². The van der Waals surface area contributed by atoms with E-state index < -0.39 is 7.67 Å². The van der Waals surface area contributed by atoms with Crippen molar-refractivity contribution in [3.05, 3.63) is 12.3 Å². The molecule has 4 nitrogen and oxygen atoms in total. The molecule has 0 fully saturated rings. The SMILES string of the molecule is C=C(CC)OP(N)(N)=O. The summed E-state index contributed by atoms with van der Waals surface area (Å²) in [7, 11) is -3.34. The molecule has 0 saturated carbocycles. The smallest absolute Gasteiger partial charge is 0.384 e. The highest BCUT2D eigenvalue weighted by molar-refractivity contribution is 7.53. The molecule has 0 amide bonds. The van der Waals surface area contributed by atoms with E-state index in [1.54, 1.807) is 6.92 Å². The quantitative estimate of drug-likeness (QED) is 0.463. The molecule has 0 saturated heterocycles. The zero-order valence-electron chi connectivity index (χ0n) is 5.33. The third-order valence-corrected chi connectivity index (χ3v) is 1.21. The van der Waals surface area contributed by atoms with Gasteiger partial charge in [0.2, 0.25) is 0 Å². The van der Waals surface area contributed by atoms with Gasteiger partial charge in [0.1, 0.15) is 0 Å². The summed E-state index contributed by atoms with van der Waals surface area (Å²) in [6.45, 7) is 5.21. The molecule has 0 unspecified atom stereocenters. The molecule has 4 N–H and O–H groups in total. The summed E-state index contributed by atoms with van der Waals surface area (Å²) in [5.41, 5.74) is 9.72. The number of allylic oxidation sites excluding steroid dienone is 1. The van der Waals surface area contributed by atoms with Crippen LogP contribution in [0.25, 0.3) is 0 Å². The van der Waals surface area contributed by atoms with Gasteiger partial charge in [0.05, 0.1) is 5.76 Å². The zero-order valence-corrected chi connectivity index (χ0v) is 6.23. The van der Waals surface area contributed by atoms with Gasteiger partial charge in [-0.15, -0.1) is 0 Å². The summed E-state index contributed by atoms with van der Waals surface area (Å²) in [5, 5.41) is 0. The number of nitrogens with two attached hydrogens (primary N) is 2. The van der Waals surface area contributed by atoms with E-state index in [9.17, 15) is 4.57 Å². The summed E-state index contributed by atoms with van der Waals surface area (Å²) in [6, 6.07) is 0. The number of hydrogen-bond acceptors (Lipinski definition) is 2. The van der Waals surface area contributed by atoms with Crippen molar-refractivity contribution in [2.75, 3.05) is 0 Å². The van der Waals surface area contributed by atoms with Gasteiger partial charge in [-0.2, -0.15) is 0 Å². The molecule has 0 spiro atoms. The molecule has 0 aliphatic carbocycles. The van der Waals surface area contributed by atoms with E-state index in [4.69, 9.17) is 11.0 Å². The summed E-state index contributed by atoms with van der Waals surface area (Å²) in [4.78, 5) is 0. The van der Waals surface area contributed by atoms with E-state index in [2.05, 4.69) is 11.1 Å². The van der Waals surface area contributed by atoms with Crippen molar-refractivity contribution in [3.8, 4) is 0 Å². The third kappa shape index (κ3) is 5.56. The average molecular weight is 150 g/mol. The monoisotopic (exact) mass is 150 g/mol. The van der Waals surface area contributed by atoms with Gasteiger partial charge >= 0.3 is 7.67 Å². The first-order valence-corrected chi connectivity index (χ1v) is 4.26. The summed E-state index contributed by atoms with van der Waals surface area (Å²) in [6.07, 6.45) is 0.568. The van der Waals surface area contributed by atoms with Crippen molar-refractivity contribution in [3.63, 3.8) is 0 Å². The standard InChI is InChI=1S/C4H11N2O2P/c1-3-4(2)8-9(5,6)7/h2-3H2,1H3,(H4,5,6,7). The van der Waals surface area contributed by atoms with Gasteiger partial charge in [0.15, 0.2) is 0 Å². The molecule has 0 aliphatic rings. The Kier molecular flexibility index (Phi) is 2.91. The van der Waals surface area contributed by atoms with Crippen molar-refractivity contribution in [2.24, 2.45) is 11.0 Å². The first-order chi connectivity index (χ1) is 3.95. The first-order valence-electron chi connectivity index (χ1n) is 2.50. The van der Waals surface area contributed by atoms with Crippen LogP contribution in [0, 0.1) is 0 Å². The average Bonchev–Trinajstić information content (AvgIpc) is 1.62. The highest BCUT2D eigenvalue weighted by atomic mass is 31.2. The van der Waals surface area contributed by atoms with Gasteiger partial charge in [0.25, 0.3) is 0 Å². The second-order valence-corrected chi connectivity index (χ2v) is 3.10. The van der Waals surface area contributed by atoms with E-state index in [0.717, 1.165) is 0 Å². The minimum Gasteiger partial charge on any atom is -0.428 e. The van der Waals surface area contributed by atoms with E-state index in [1.165, 1.54) is 0 Å². The van der Waals surface area contributed by atoms with Crippen LogP contribution in [0.2, 0.25) is 0 Å². The molecule has 0 aromatic carbocycles. The Morgan fingerprint density at radius 1 is 1.78 bits per heavy atom. The van der Waals surface area contributed by atoms with Crippen molar-refractivity contribution in [2.45, 2.75) is 13.3 Å². The van der Waals surface area contributed by atoms with Gasteiger partial charge in [-0.25, -0.2) is 15.6 Å². The largest absolute Gasteiger partial charge is 0.428 e. The highest BCUT2D eigenvalue weighted by Crippen LogP contribution is 2.30. The van der Waals surface area contributed by atoms with Crippen molar-refractivity contribution < 1.29 is 9.09 Å². The molecule has 0 aromatic heterocycles. The van der Waals surface area contributed by atoms with E-state index in [1.807, 2.05) is 0 Å². The lowest BCUT2D eigenvalue weighted by molar-refractivity contribution is 0.394. The maximum absolute atomic E-state index is 10.5. The minimum atomic E-state index is -3.34. The molecule has 0 radical (unpaired) electrons. The maximum Gasteiger partial charge on any atom is 0.384 e. The molecular weight excluding hydrogens is 139 g/mol.